The Bertz CT molecular complexity index is 608. The molecule has 0 aliphatic heterocycles. The number of hydrogen-bond donors (Lipinski definition) is 1. The molecule has 21 heavy (non-hydrogen) atoms. The van der Waals surface area contributed by atoms with E-state index in [4.69, 9.17) is 4.74 Å². The molecule has 1 amide bonds. The molecule has 2 rings (SSSR count). The predicted molar refractivity (Wildman–Crippen MR) is 82.7 cm³/mol. The van der Waals surface area contributed by atoms with Crippen molar-refractivity contribution in [3.8, 4) is 0 Å². The van der Waals surface area contributed by atoms with Gasteiger partial charge in [-0.2, -0.15) is 0 Å². The summed E-state index contributed by atoms with van der Waals surface area (Å²) in [6.45, 7) is 2.70. The lowest BCUT2D eigenvalue weighted by molar-refractivity contribution is 0.0501. The highest BCUT2D eigenvalue weighted by molar-refractivity contribution is 7.12. The Kier molecular flexibility index (Phi) is 5.51. The first-order valence-corrected chi connectivity index (χ1v) is 7.60. The van der Waals surface area contributed by atoms with Gasteiger partial charge in [-0.25, -0.2) is 4.79 Å². The van der Waals surface area contributed by atoms with E-state index in [0.29, 0.717) is 23.4 Å². The topological polar surface area (TPSA) is 55.4 Å². The molecular weight excluding hydrogens is 286 g/mol. The Morgan fingerprint density at radius 1 is 1.24 bits per heavy atom. The number of rotatable bonds is 6. The number of amides is 1. The van der Waals surface area contributed by atoms with Crippen LogP contribution in [0.25, 0.3) is 0 Å². The number of hydrogen-bond acceptors (Lipinski definition) is 4. The van der Waals surface area contributed by atoms with Gasteiger partial charge in [0, 0.05) is 6.54 Å². The maximum absolute atomic E-state index is 11.8. The molecule has 1 heterocycles. The molecule has 5 heteroatoms. The minimum absolute atomic E-state index is 0.0880. The first kappa shape index (κ1) is 15.3. The minimum atomic E-state index is -0.330. The average Bonchev–Trinajstić information content (AvgIpc) is 3.00. The summed E-state index contributed by atoms with van der Waals surface area (Å²) in [5, 5.41) is 4.65. The summed E-state index contributed by atoms with van der Waals surface area (Å²) in [6.07, 6.45) is 0.592. The fourth-order valence-corrected chi connectivity index (χ4v) is 2.43. The summed E-state index contributed by atoms with van der Waals surface area (Å²) >= 11 is 1.40. The van der Waals surface area contributed by atoms with Gasteiger partial charge in [0.2, 0.25) is 0 Å². The van der Waals surface area contributed by atoms with Gasteiger partial charge in [0.1, 0.15) is 0 Å². The maximum atomic E-state index is 11.8. The number of esters is 1. The first-order chi connectivity index (χ1) is 10.2. The van der Waals surface area contributed by atoms with E-state index in [1.165, 1.54) is 11.3 Å². The highest BCUT2D eigenvalue weighted by atomic mass is 32.1. The van der Waals surface area contributed by atoms with Crippen LogP contribution in [0.2, 0.25) is 0 Å². The van der Waals surface area contributed by atoms with Crippen molar-refractivity contribution in [1.82, 2.24) is 5.32 Å². The van der Waals surface area contributed by atoms with Crippen molar-refractivity contribution in [3.63, 3.8) is 0 Å². The Morgan fingerprint density at radius 3 is 2.81 bits per heavy atom. The van der Waals surface area contributed by atoms with Crippen molar-refractivity contribution >= 4 is 23.2 Å². The number of ether oxygens (including phenoxy) is 1. The molecule has 0 saturated carbocycles. The SMILES string of the molecule is Cc1cccc(C(=O)OCCCNC(=O)c2cccs2)c1. The zero-order valence-corrected chi connectivity index (χ0v) is 12.6. The van der Waals surface area contributed by atoms with Crippen molar-refractivity contribution in [2.24, 2.45) is 0 Å². The molecule has 1 N–H and O–H groups in total. The second-order valence-corrected chi connectivity index (χ2v) is 5.54. The number of carbonyl (C=O) groups excluding carboxylic acids is 2. The van der Waals surface area contributed by atoms with Gasteiger partial charge in [-0.1, -0.05) is 23.8 Å². The molecule has 0 spiro atoms. The van der Waals surface area contributed by atoms with E-state index in [1.54, 1.807) is 18.2 Å². The van der Waals surface area contributed by atoms with Crippen LogP contribution in [-0.2, 0) is 4.74 Å². The molecule has 0 aliphatic rings. The summed E-state index contributed by atoms with van der Waals surface area (Å²) < 4.78 is 5.17. The molecule has 0 aliphatic carbocycles. The largest absolute Gasteiger partial charge is 0.462 e. The zero-order chi connectivity index (χ0) is 15.1. The van der Waals surface area contributed by atoms with Crippen LogP contribution in [0, 0.1) is 6.92 Å². The smallest absolute Gasteiger partial charge is 0.338 e. The first-order valence-electron chi connectivity index (χ1n) is 6.72. The van der Waals surface area contributed by atoms with E-state index in [-0.39, 0.29) is 18.5 Å². The van der Waals surface area contributed by atoms with Crippen LogP contribution in [0.5, 0.6) is 0 Å². The molecule has 0 bridgehead atoms. The predicted octanol–water partition coefficient (Wildman–Crippen LogP) is 3.03. The van der Waals surface area contributed by atoms with E-state index in [2.05, 4.69) is 5.32 Å². The summed E-state index contributed by atoms with van der Waals surface area (Å²) in [5.41, 5.74) is 1.57. The number of nitrogens with one attached hydrogen (secondary N) is 1. The second-order valence-electron chi connectivity index (χ2n) is 4.59. The van der Waals surface area contributed by atoms with Crippen molar-refractivity contribution in [1.29, 1.82) is 0 Å². The van der Waals surface area contributed by atoms with Crippen LogP contribution in [0.3, 0.4) is 0 Å². The van der Waals surface area contributed by atoms with Crippen LogP contribution >= 0.6 is 11.3 Å². The molecule has 0 radical (unpaired) electrons. The maximum Gasteiger partial charge on any atom is 0.338 e. The lowest BCUT2D eigenvalue weighted by atomic mass is 10.1. The lowest BCUT2D eigenvalue weighted by Gasteiger charge is -2.06. The van der Waals surface area contributed by atoms with Crippen LogP contribution in [0.4, 0.5) is 0 Å². The van der Waals surface area contributed by atoms with Crippen LogP contribution in [0.1, 0.15) is 32.0 Å². The number of carbonyl (C=O) groups is 2. The molecule has 0 unspecified atom stereocenters. The highest BCUT2D eigenvalue weighted by Gasteiger charge is 2.07. The normalized spacial score (nSPS) is 10.1. The van der Waals surface area contributed by atoms with E-state index >= 15 is 0 Å². The summed E-state index contributed by atoms with van der Waals surface area (Å²) in [5.74, 6) is -0.418. The summed E-state index contributed by atoms with van der Waals surface area (Å²) in [4.78, 5) is 24.1. The van der Waals surface area contributed by atoms with Gasteiger partial charge in [0.25, 0.3) is 5.91 Å². The Labute approximate surface area is 127 Å². The standard InChI is InChI=1S/C16H17NO3S/c1-12-5-2-6-13(11-12)16(19)20-9-4-8-17-15(18)14-7-3-10-21-14/h2-3,5-7,10-11H,4,8-9H2,1H3,(H,17,18). The van der Waals surface area contributed by atoms with Crippen LogP contribution in [0.15, 0.2) is 41.8 Å². The third-order valence-corrected chi connectivity index (χ3v) is 3.71. The van der Waals surface area contributed by atoms with Gasteiger partial charge in [-0.05, 0) is 36.9 Å². The van der Waals surface area contributed by atoms with Crippen LogP contribution < -0.4 is 5.32 Å². The van der Waals surface area contributed by atoms with Gasteiger partial charge in [0.15, 0.2) is 0 Å². The van der Waals surface area contributed by atoms with Gasteiger partial charge < -0.3 is 10.1 Å². The quantitative estimate of drug-likeness (QED) is 0.659. The molecule has 4 nitrogen and oxygen atoms in total. The second kappa shape index (κ2) is 7.59. The zero-order valence-electron chi connectivity index (χ0n) is 11.8. The van der Waals surface area contributed by atoms with Gasteiger partial charge >= 0.3 is 5.97 Å². The van der Waals surface area contributed by atoms with E-state index in [0.717, 1.165) is 5.56 Å². The Morgan fingerprint density at radius 2 is 2.10 bits per heavy atom. The summed E-state index contributed by atoms with van der Waals surface area (Å²) in [6, 6.07) is 10.9. The number of thiophene rings is 1. The van der Waals surface area contributed by atoms with Gasteiger partial charge in [-0.3, -0.25) is 4.79 Å². The molecule has 0 atom stereocenters. The van der Waals surface area contributed by atoms with Crippen molar-refractivity contribution in [2.45, 2.75) is 13.3 Å². The fourth-order valence-electron chi connectivity index (χ4n) is 1.79. The molecule has 0 fully saturated rings. The number of benzene rings is 1. The molecule has 0 saturated heterocycles. The van der Waals surface area contributed by atoms with Gasteiger partial charge in [0.05, 0.1) is 17.0 Å². The summed E-state index contributed by atoms with van der Waals surface area (Å²) in [7, 11) is 0. The minimum Gasteiger partial charge on any atom is -0.462 e. The van der Waals surface area contributed by atoms with Crippen LogP contribution in [-0.4, -0.2) is 25.0 Å². The highest BCUT2D eigenvalue weighted by Crippen LogP contribution is 2.08. The van der Waals surface area contributed by atoms with E-state index in [1.807, 2.05) is 30.5 Å². The monoisotopic (exact) mass is 303 g/mol. The Hall–Kier alpha value is -2.14. The molecule has 1 aromatic carbocycles. The van der Waals surface area contributed by atoms with Crippen molar-refractivity contribution < 1.29 is 14.3 Å². The average molecular weight is 303 g/mol. The molecular formula is C16H17NO3S. The van der Waals surface area contributed by atoms with E-state index < -0.39 is 0 Å². The number of aryl methyl sites for hydroxylation is 1. The molecule has 110 valence electrons. The van der Waals surface area contributed by atoms with Gasteiger partial charge in [-0.15, -0.1) is 11.3 Å². The van der Waals surface area contributed by atoms with E-state index in [9.17, 15) is 9.59 Å². The molecule has 2 aromatic rings. The van der Waals surface area contributed by atoms with Crippen molar-refractivity contribution in [3.05, 3.63) is 57.8 Å². The third-order valence-electron chi connectivity index (χ3n) is 2.84. The fraction of sp³-hybridized carbons (Fsp3) is 0.250. The van der Waals surface area contributed by atoms with Crippen molar-refractivity contribution in [2.75, 3.05) is 13.2 Å². The Balaban J connectivity index is 1.66. The lowest BCUT2D eigenvalue weighted by Crippen LogP contribution is -2.24. The third kappa shape index (κ3) is 4.72. The molecule has 1 aromatic heterocycles.